The number of benzene rings is 2. The predicted molar refractivity (Wildman–Crippen MR) is 95.0 cm³/mol. The molecule has 0 saturated heterocycles. The summed E-state index contributed by atoms with van der Waals surface area (Å²) < 4.78 is 5.07. The molecule has 2 rings (SSSR count). The number of carbonyl (C=O) groups is 1. The van der Waals surface area contributed by atoms with Gasteiger partial charge in [-0.25, -0.2) is 0 Å². The number of hydrogen-bond acceptors (Lipinski definition) is 3. The molecule has 3 nitrogen and oxygen atoms in total. The number of carbonyl (C=O) groups excluding carboxylic acids is 1. The van der Waals surface area contributed by atoms with E-state index in [4.69, 9.17) is 4.74 Å². The molecule has 0 heterocycles. The van der Waals surface area contributed by atoms with E-state index < -0.39 is 0 Å². The van der Waals surface area contributed by atoms with Crippen LogP contribution in [0.25, 0.3) is 0 Å². The van der Waals surface area contributed by atoms with E-state index in [-0.39, 0.29) is 5.97 Å². The van der Waals surface area contributed by atoms with Crippen molar-refractivity contribution >= 4 is 5.97 Å². The SMILES string of the molecule is CC.CCOC(=O)CN(Cc1ccccc1)Cc1ccccc1. The molecule has 0 N–H and O–H groups in total. The topological polar surface area (TPSA) is 29.5 Å². The lowest BCUT2D eigenvalue weighted by atomic mass is 10.1. The molecule has 0 aliphatic carbocycles. The third kappa shape index (κ3) is 7.61. The Morgan fingerprint density at radius 1 is 0.870 bits per heavy atom. The molecule has 0 aliphatic rings. The maximum atomic E-state index is 11.8. The highest BCUT2D eigenvalue weighted by Crippen LogP contribution is 2.10. The highest BCUT2D eigenvalue weighted by atomic mass is 16.5. The fraction of sp³-hybridized carbons (Fsp3) is 0.350. The Kier molecular flexibility index (Phi) is 9.41. The van der Waals surface area contributed by atoms with E-state index in [1.807, 2.05) is 57.2 Å². The minimum Gasteiger partial charge on any atom is -0.465 e. The molecular formula is C20H27NO2. The summed E-state index contributed by atoms with van der Waals surface area (Å²) in [5.74, 6) is -0.177. The number of rotatable bonds is 7. The standard InChI is InChI=1S/C18H21NO2.C2H6/c1-2-21-18(20)15-19(13-16-9-5-3-6-10-16)14-17-11-7-4-8-12-17;1-2/h3-12H,2,13-15H2,1H3;1-2H3. The lowest BCUT2D eigenvalue weighted by molar-refractivity contribution is -0.144. The molecule has 3 heteroatoms. The van der Waals surface area contributed by atoms with Crippen molar-refractivity contribution < 1.29 is 9.53 Å². The van der Waals surface area contributed by atoms with Gasteiger partial charge in [0.2, 0.25) is 0 Å². The maximum absolute atomic E-state index is 11.8. The second-order valence-electron chi connectivity index (χ2n) is 4.92. The summed E-state index contributed by atoms with van der Waals surface area (Å²) in [5.41, 5.74) is 2.38. The molecular weight excluding hydrogens is 286 g/mol. The highest BCUT2D eigenvalue weighted by molar-refractivity contribution is 5.71. The summed E-state index contributed by atoms with van der Waals surface area (Å²) in [6.45, 7) is 8.01. The van der Waals surface area contributed by atoms with Crippen molar-refractivity contribution in [3.63, 3.8) is 0 Å². The Labute approximate surface area is 139 Å². The van der Waals surface area contributed by atoms with Gasteiger partial charge in [-0.15, -0.1) is 0 Å². The Morgan fingerprint density at radius 3 is 1.70 bits per heavy atom. The van der Waals surface area contributed by atoms with Crippen LogP contribution in [0.2, 0.25) is 0 Å². The van der Waals surface area contributed by atoms with Gasteiger partial charge in [-0.2, -0.15) is 0 Å². The number of esters is 1. The predicted octanol–water partition coefficient (Wildman–Crippen LogP) is 4.28. The summed E-state index contributed by atoms with van der Waals surface area (Å²) >= 11 is 0. The molecule has 0 atom stereocenters. The quantitative estimate of drug-likeness (QED) is 0.715. The molecule has 0 fully saturated rings. The van der Waals surface area contributed by atoms with Crippen LogP contribution in [0.5, 0.6) is 0 Å². The van der Waals surface area contributed by atoms with E-state index in [2.05, 4.69) is 29.2 Å². The smallest absolute Gasteiger partial charge is 0.320 e. The number of ether oxygens (including phenoxy) is 1. The third-order valence-electron chi connectivity index (χ3n) is 3.16. The average molecular weight is 313 g/mol. The van der Waals surface area contributed by atoms with Gasteiger partial charge < -0.3 is 4.74 Å². The molecule has 0 amide bonds. The largest absolute Gasteiger partial charge is 0.465 e. The molecule has 0 aromatic heterocycles. The molecule has 2 aromatic carbocycles. The Bertz CT molecular complexity index is 499. The van der Waals surface area contributed by atoms with Gasteiger partial charge in [-0.1, -0.05) is 74.5 Å². The van der Waals surface area contributed by atoms with E-state index in [1.54, 1.807) is 0 Å². The minimum absolute atomic E-state index is 0.177. The molecule has 0 aliphatic heterocycles. The zero-order valence-corrected chi connectivity index (χ0v) is 14.4. The lowest BCUT2D eigenvalue weighted by Gasteiger charge is -2.21. The molecule has 0 saturated carbocycles. The van der Waals surface area contributed by atoms with Crippen LogP contribution in [0, 0.1) is 0 Å². The molecule has 0 unspecified atom stereocenters. The second-order valence-corrected chi connectivity index (χ2v) is 4.92. The third-order valence-corrected chi connectivity index (χ3v) is 3.16. The van der Waals surface area contributed by atoms with Gasteiger partial charge in [0.05, 0.1) is 13.2 Å². The molecule has 23 heavy (non-hydrogen) atoms. The lowest BCUT2D eigenvalue weighted by Crippen LogP contribution is -2.30. The normalized spacial score (nSPS) is 9.91. The minimum atomic E-state index is -0.177. The fourth-order valence-electron chi connectivity index (χ4n) is 2.24. The van der Waals surface area contributed by atoms with Crippen molar-refractivity contribution in [3.05, 3.63) is 71.8 Å². The van der Waals surface area contributed by atoms with Gasteiger partial charge in [0.25, 0.3) is 0 Å². The Balaban J connectivity index is 0.00000127. The van der Waals surface area contributed by atoms with Crippen LogP contribution >= 0.6 is 0 Å². The van der Waals surface area contributed by atoms with E-state index in [9.17, 15) is 4.79 Å². The van der Waals surface area contributed by atoms with Gasteiger partial charge in [0.15, 0.2) is 0 Å². The van der Waals surface area contributed by atoms with Crippen molar-refractivity contribution in [2.24, 2.45) is 0 Å². The number of nitrogens with zero attached hydrogens (tertiary/aromatic N) is 1. The maximum Gasteiger partial charge on any atom is 0.320 e. The Hall–Kier alpha value is -2.13. The first kappa shape index (κ1) is 18.9. The van der Waals surface area contributed by atoms with Crippen LogP contribution in [0.1, 0.15) is 31.9 Å². The fourth-order valence-corrected chi connectivity index (χ4v) is 2.24. The van der Waals surface area contributed by atoms with Crippen LogP contribution in [-0.2, 0) is 22.6 Å². The molecule has 2 aromatic rings. The van der Waals surface area contributed by atoms with Crippen LogP contribution in [0.15, 0.2) is 60.7 Å². The van der Waals surface area contributed by atoms with Crippen molar-refractivity contribution in [3.8, 4) is 0 Å². The average Bonchev–Trinajstić information content (AvgIpc) is 2.58. The van der Waals surface area contributed by atoms with Gasteiger partial charge in [0.1, 0.15) is 0 Å². The first-order chi connectivity index (χ1) is 11.3. The zero-order valence-electron chi connectivity index (χ0n) is 14.4. The monoisotopic (exact) mass is 313 g/mol. The first-order valence-electron chi connectivity index (χ1n) is 8.23. The summed E-state index contributed by atoms with van der Waals surface area (Å²) in [5, 5.41) is 0. The summed E-state index contributed by atoms with van der Waals surface area (Å²) in [6, 6.07) is 20.3. The molecule has 124 valence electrons. The van der Waals surface area contributed by atoms with Crippen molar-refractivity contribution in [2.75, 3.05) is 13.2 Å². The molecule has 0 radical (unpaired) electrons. The highest BCUT2D eigenvalue weighted by Gasteiger charge is 2.12. The summed E-state index contributed by atoms with van der Waals surface area (Å²) in [4.78, 5) is 13.9. The van der Waals surface area contributed by atoms with Crippen molar-refractivity contribution in [1.82, 2.24) is 4.90 Å². The van der Waals surface area contributed by atoms with Gasteiger partial charge in [-0.3, -0.25) is 9.69 Å². The van der Waals surface area contributed by atoms with E-state index in [0.717, 1.165) is 13.1 Å². The van der Waals surface area contributed by atoms with Crippen LogP contribution in [0.3, 0.4) is 0 Å². The van der Waals surface area contributed by atoms with E-state index in [1.165, 1.54) is 11.1 Å². The van der Waals surface area contributed by atoms with Crippen molar-refractivity contribution in [1.29, 1.82) is 0 Å². The van der Waals surface area contributed by atoms with Gasteiger partial charge >= 0.3 is 5.97 Å². The summed E-state index contributed by atoms with van der Waals surface area (Å²) in [6.07, 6.45) is 0. The van der Waals surface area contributed by atoms with Crippen LogP contribution in [0.4, 0.5) is 0 Å². The second kappa shape index (κ2) is 11.4. The molecule has 0 bridgehead atoms. The zero-order chi connectivity index (χ0) is 16.9. The van der Waals surface area contributed by atoms with E-state index >= 15 is 0 Å². The van der Waals surface area contributed by atoms with Gasteiger partial charge in [-0.05, 0) is 18.1 Å². The molecule has 0 spiro atoms. The first-order valence-corrected chi connectivity index (χ1v) is 8.23. The summed E-state index contributed by atoms with van der Waals surface area (Å²) in [7, 11) is 0. The van der Waals surface area contributed by atoms with Crippen LogP contribution in [-0.4, -0.2) is 24.0 Å². The van der Waals surface area contributed by atoms with Crippen LogP contribution < -0.4 is 0 Å². The van der Waals surface area contributed by atoms with Crippen molar-refractivity contribution in [2.45, 2.75) is 33.9 Å². The van der Waals surface area contributed by atoms with E-state index in [0.29, 0.717) is 13.2 Å². The van der Waals surface area contributed by atoms with Gasteiger partial charge in [0, 0.05) is 13.1 Å². The Morgan fingerprint density at radius 2 is 1.30 bits per heavy atom. The number of hydrogen-bond donors (Lipinski definition) is 0.